The molecule has 0 heterocycles. The molecule has 11 nitrogen and oxygen atoms in total. The van der Waals surface area contributed by atoms with E-state index in [1.165, 1.54) is 20.1 Å². The Bertz CT molecular complexity index is 1310. The van der Waals surface area contributed by atoms with Gasteiger partial charge in [-0.2, -0.15) is 5.10 Å². The van der Waals surface area contributed by atoms with E-state index < -0.39 is 12.0 Å². The van der Waals surface area contributed by atoms with E-state index in [0.717, 1.165) is 11.1 Å². The van der Waals surface area contributed by atoms with Crippen LogP contribution in [0.15, 0.2) is 77.9 Å². The van der Waals surface area contributed by atoms with E-state index in [1.807, 2.05) is 54.6 Å². The molecule has 0 aliphatic heterocycles. The van der Waals surface area contributed by atoms with Crippen molar-refractivity contribution >= 4 is 24.0 Å². The van der Waals surface area contributed by atoms with E-state index in [2.05, 4.69) is 15.8 Å². The van der Waals surface area contributed by atoms with Gasteiger partial charge in [0.25, 0.3) is 5.91 Å². The van der Waals surface area contributed by atoms with Crippen molar-refractivity contribution in [3.8, 4) is 17.2 Å². The maximum Gasteiger partial charge on any atom is 0.407 e. The van der Waals surface area contributed by atoms with Crippen LogP contribution in [0.25, 0.3) is 0 Å². The first-order valence-corrected chi connectivity index (χ1v) is 13.3. The molecule has 42 heavy (non-hydrogen) atoms. The van der Waals surface area contributed by atoms with Crippen molar-refractivity contribution in [3.05, 3.63) is 89.5 Å². The number of nitrogens with zero attached hydrogens (tertiary/aromatic N) is 1. The molecule has 0 atom stereocenters. The second-order valence-electron chi connectivity index (χ2n) is 8.93. The van der Waals surface area contributed by atoms with E-state index in [9.17, 15) is 14.4 Å². The number of hydrogen-bond donors (Lipinski definition) is 2. The molecule has 0 unspecified atom stereocenters. The fraction of sp³-hybridized carbons (Fsp3) is 0.290. The zero-order chi connectivity index (χ0) is 30.0. The van der Waals surface area contributed by atoms with E-state index >= 15 is 0 Å². The van der Waals surface area contributed by atoms with Gasteiger partial charge in [-0.1, -0.05) is 42.5 Å². The van der Waals surface area contributed by atoms with Crippen LogP contribution in [0, 0.1) is 0 Å². The number of alkyl carbamates (subject to hydrolysis) is 1. The monoisotopic (exact) mass is 577 g/mol. The molecule has 2 N–H and O–H groups in total. The van der Waals surface area contributed by atoms with E-state index in [0.29, 0.717) is 55.6 Å². The topological polar surface area (TPSA) is 134 Å². The smallest absolute Gasteiger partial charge is 0.407 e. The molecular formula is C31H35N3O8. The van der Waals surface area contributed by atoms with Crippen LogP contribution in [-0.4, -0.2) is 57.5 Å². The van der Waals surface area contributed by atoms with Crippen molar-refractivity contribution < 1.29 is 38.1 Å². The van der Waals surface area contributed by atoms with Crippen molar-refractivity contribution in [3.63, 3.8) is 0 Å². The number of rotatable bonds is 17. The van der Waals surface area contributed by atoms with Crippen LogP contribution >= 0.6 is 0 Å². The molecule has 3 aromatic rings. The Balaban J connectivity index is 1.26. The molecule has 0 spiro atoms. The third-order valence-corrected chi connectivity index (χ3v) is 5.55. The van der Waals surface area contributed by atoms with Crippen molar-refractivity contribution in [1.82, 2.24) is 10.7 Å². The molecule has 11 heteroatoms. The summed E-state index contributed by atoms with van der Waals surface area (Å²) in [6.07, 6.45) is 1.56. The highest BCUT2D eigenvalue weighted by molar-refractivity contribution is 5.95. The van der Waals surface area contributed by atoms with Crippen LogP contribution in [0.4, 0.5) is 4.79 Å². The summed E-state index contributed by atoms with van der Waals surface area (Å²) in [5.41, 5.74) is 4.65. The van der Waals surface area contributed by atoms with Crippen LogP contribution in [0.2, 0.25) is 0 Å². The lowest BCUT2D eigenvalue weighted by atomic mass is 10.2. The zero-order valence-corrected chi connectivity index (χ0v) is 23.7. The normalized spacial score (nSPS) is 10.6. The molecule has 2 amide bonds. The highest BCUT2D eigenvalue weighted by Gasteiger charge is 2.11. The van der Waals surface area contributed by atoms with Crippen molar-refractivity contribution in [2.75, 3.05) is 33.5 Å². The van der Waals surface area contributed by atoms with Gasteiger partial charge in [0.05, 0.1) is 26.9 Å². The number of amides is 2. The third kappa shape index (κ3) is 11.7. The average molecular weight is 578 g/mol. The molecule has 3 aromatic carbocycles. The summed E-state index contributed by atoms with van der Waals surface area (Å²) in [6, 6.07) is 21.6. The van der Waals surface area contributed by atoms with Gasteiger partial charge in [-0.25, -0.2) is 10.2 Å². The minimum atomic E-state index is -0.495. The van der Waals surface area contributed by atoms with Gasteiger partial charge >= 0.3 is 6.09 Å². The minimum absolute atomic E-state index is 0.120. The predicted octanol–water partition coefficient (Wildman–Crippen LogP) is 4.29. The molecule has 0 saturated heterocycles. The fourth-order valence-corrected chi connectivity index (χ4v) is 3.45. The van der Waals surface area contributed by atoms with Gasteiger partial charge in [0, 0.05) is 18.2 Å². The number of carbonyl (C=O) groups is 3. The van der Waals surface area contributed by atoms with Gasteiger partial charge in [-0.3, -0.25) is 9.59 Å². The summed E-state index contributed by atoms with van der Waals surface area (Å²) < 4.78 is 27.1. The van der Waals surface area contributed by atoms with Gasteiger partial charge in [0.1, 0.15) is 25.6 Å². The Morgan fingerprint density at radius 1 is 0.857 bits per heavy atom. The number of hydrazone groups is 1. The van der Waals surface area contributed by atoms with Gasteiger partial charge in [-0.05, 0) is 48.4 Å². The molecule has 0 saturated carbocycles. The number of methoxy groups -OCH3 is 1. The first-order chi connectivity index (χ1) is 20.4. The fourth-order valence-electron chi connectivity index (χ4n) is 3.45. The lowest BCUT2D eigenvalue weighted by Crippen LogP contribution is -2.28. The van der Waals surface area contributed by atoms with Crippen molar-refractivity contribution in [2.45, 2.75) is 26.6 Å². The summed E-state index contributed by atoms with van der Waals surface area (Å²) in [5, 5.41) is 6.59. The number of carbonyl (C=O) groups excluding carboxylic acids is 3. The second kappa shape index (κ2) is 17.7. The highest BCUT2D eigenvalue weighted by atomic mass is 16.5. The standard InChI is InChI=1S/C31H35N3O8/c1-23(35)20-41-29-19-26(11-14-28(29)38-2)30(36)34-33-15-6-17-39-21-25-9-12-27(13-10-25)40-18-16-32-31(37)42-22-24-7-4-3-5-8-24/h3-5,7-15,19H,6,16-18,20-22H2,1-2H3,(H,32,37)(H,34,36)/b33-15+. The minimum Gasteiger partial charge on any atom is -0.493 e. The van der Waals surface area contributed by atoms with Gasteiger partial charge < -0.3 is 29.0 Å². The molecule has 222 valence electrons. The third-order valence-electron chi connectivity index (χ3n) is 5.55. The summed E-state index contributed by atoms with van der Waals surface area (Å²) in [7, 11) is 1.47. The Morgan fingerprint density at radius 3 is 2.36 bits per heavy atom. The Labute approximate surface area is 244 Å². The largest absolute Gasteiger partial charge is 0.493 e. The van der Waals surface area contributed by atoms with Gasteiger partial charge in [-0.15, -0.1) is 0 Å². The first kappa shape index (κ1) is 31.6. The van der Waals surface area contributed by atoms with Crippen LogP contribution in [0.3, 0.4) is 0 Å². The maximum atomic E-state index is 12.4. The van der Waals surface area contributed by atoms with Crippen molar-refractivity contribution in [1.29, 1.82) is 0 Å². The lowest BCUT2D eigenvalue weighted by molar-refractivity contribution is -0.118. The summed E-state index contributed by atoms with van der Waals surface area (Å²) in [5.74, 6) is 0.817. The number of Topliss-reactive ketones (excluding diaryl/α,β-unsaturated/α-hetero) is 1. The quantitative estimate of drug-likeness (QED) is 0.138. The highest BCUT2D eigenvalue weighted by Crippen LogP contribution is 2.28. The first-order valence-electron chi connectivity index (χ1n) is 13.3. The average Bonchev–Trinajstić information content (AvgIpc) is 3.01. The Hall–Kier alpha value is -4.90. The molecule has 0 fully saturated rings. The summed E-state index contributed by atoms with van der Waals surface area (Å²) in [4.78, 5) is 35.3. The van der Waals surface area contributed by atoms with Crippen LogP contribution in [-0.2, 0) is 27.5 Å². The number of ether oxygens (including phenoxy) is 5. The maximum absolute atomic E-state index is 12.4. The summed E-state index contributed by atoms with van der Waals surface area (Å²) >= 11 is 0. The predicted molar refractivity (Wildman–Crippen MR) is 156 cm³/mol. The molecular weight excluding hydrogens is 542 g/mol. The lowest BCUT2D eigenvalue weighted by Gasteiger charge is -2.10. The van der Waals surface area contributed by atoms with Gasteiger partial charge in [0.15, 0.2) is 17.3 Å². The molecule has 0 radical (unpaired) electrons. The molecule has 0 bridgehead atoms. The van der Waals surface area contributed by atoms with Crippen LogP contribution in [0.5, 0.6) is 17.2 Å². The second-order valence-corrected chi connectivity index (χ2v) is 8.93. The van der Waals surface area contributed by atoms with E-state index in [4.69, 9.17) is 23.7 Å². The Kier molecular flexibility index (Phi) is 13.3. The number of hydrogen-bond acceptors (Lipinski definition) is 9. The van der Waals surface area contributed by atoms with Crippen molar-refractivity contribution in [2.24, 2.45) is 5.10 Å². The number of nitrogens with one attached hydrogen (secondary N) is 2. The van der Waals surface area contributed by atoms with E-state index in [1.54, 1.807) is 18.3 Å². The summed E-state index contributed by atoms with van der Waals surface area (Å²) in [6.45, 7) is 2.94. The molecule has 3 rings (SSSR count). The number of benzene rings is 3. The molecule has 0 aromatic heterocycles. The van der Waals surface area contributed by atoms with E-state index in [-0.39, 0.29) is 19.0 Å². The zero-order valence-electron chi connectivity index (χ0n) is 23.7. The van der Waals surface area contributed by atoms with Crippen LogP contribution < -0.4 is 25.0 Å². The molecule has 0 aliphatic carbocycles. The van der Waals surface area contributed by atoms with Crippen LogP contribution in [0.1, 0.15) is 34.8 Å². The van der Waals surface area contributed by atoms with Gasteiger partial charge in [0.2, 0.25) is 0 Å². The number of ketones is 1. The Morgan fingerprint density at radius 2 is 1.62 bits per heavy atom. The molecule has 0 aliphatic rings. The SMILES string of the molecule is COc1ccc(C(=O)N/N=C/CCOCc2ccc(OCCNC(=O)OCc3ccccc3)cc2)cc1OCC(C)=O.